The quantitative estimate of drug-likeness (QED) is 0.345. The molecule has 0 heterocycles. The number of unbranched alkanes of at least 4 members (excludes halogenated alkanes) is 10. The van der Waals surface area contributed by atoms with Crippen LogP contribution in [0, 0.1) is 0 Å². The fraction of sp³-hybridized carbons (Fsp3) is 0.875. The lowest BCUT2D eigenvalue weighted by molar-refractivity contribution is 0.180. The lowest BCUT2D eigenvalue weighted by Crippen LogP contribution is -1.98. The Bertz CT molecular complexity index is 152. The number of hydrogen-bond acceptors (Lipinski definition) is 1. The average Bonchev–Trinajstić information content (AvgIpc) is 2.30. The molecule has 1 N–H and O–H groups in total. The molecule has 0 aromatic rings. The van der Waals surface area contributed by atoms with Crippen LogP contribution in [0.1, 0.15) is 84.0 Å². The van der Waals surface area contributed by atoms with Crippen molar-refractivity contribution in [3.63, 3.8) is 0 Å². The first-order valence-corrected chi connectivity index (χ1v) is 7.56. The lowest BCUT2D eigenvalue weighted by atomic mass is 10.0. The van der Waals surface area contributed by atoms with Crippen LogP contribution in [0.2, 0.25) is 0 Å². The first-order valence-electron chi connectivity index (χ1n) is 7.56. The van der Waals surface area contributed by atoms with E-state index >= 15 is 0 Å². The van der Waals surface area contributed by atoms with Gasteiger partial charge in [-0.15, -0.1) is 6.58 Å². The Morgan fingerprint density at radius 1 is 0.824 bits per heavy atom. The van der Waals surface area contributed by atoms with Crippen LogP contribution < -0.4 is 0 Å². The monoisotopic (exact) mass is 240 g/mol. The van der Waals surface area contributed by atoms with Crippen molar-refractivity contribution in [2.45, 2.75) is 90.1 Å². The van der Waals surface area contributed by atoms with Gasteiger partial charge < -0.3 is 5.11 Å². The molecular formula is C16H32O. The van der Waals surface area contributed by atoms with Gasteiger partial charge in [-0.25, -0.2) is 0 Å². The van der Waals surface area contributed by atoms with Crippen LogP contribution in [0.3, 0.4) is 0 Å². The molecule has 0 saturated carbocycles. The molecule has 0 amide bonds. The standard InChI is InChI=1S/C16H32O/c1-3-4-5-6-7-8-9-10-11-12-13-14-15-16(2)17/h3,16-17H,1,4-15H2,2H3. The fourth-order valence-corrected chi connectivity index (χ4v) is 2.14. The third-order valence-electron chi connectivity index (χ3n) is 3.28. The van der Waals surface area contributed by atoms with Crippen molar-refractivity contribution in [3.8, 4) is 0 Å². The third-order valence-corrected chi connectivity index (χ3v) is 3.28. The minimum absolute atomic E-state index is 0.106. The SMILES string of the molecule is C=CCCCCCCCCCCCCC(C)O. The largest absolute Gasteiger partial charge is 0.393 e. The molecule has 0 aromatic carbocycles. The molecule has 17 heavy (non-hydrogen) atoms. The van der Waals surface area contributed by atoms with E-state index in [0.29, 0.717) is 0 Å². The fourth-order valence-electron chi connectivity index (χ4n) is 2.14. The molecule has 0 aliphatic rings. The average molecular weight is 240 g/mol. The van der Waals surface area contributed by atoms with Gasteiger partial charge in [0, 0.05) is 0 Å². The number of allylic oxidation sites excluding steroid dienone is 1. The van der Waals surface area contributed by atoms with E-state index in [4.69, 9.17) is 5.11 Å². The van der Waals surface area contributed by atoms with Gasteiger partial charge in [-0.3, -0.25) is 0 Å². The molecule has 0 spiro atoms. The molecule has 0 saturated heterocycles. The molecule has 0 aliphatic heterocycles. The van der Waals surface area contributed by atoms with E-state index in [-0.39, 0.29) is 6.10 Å². The van der Waals surface area contributed by atoms with Crippen molar-refractivity contribution >= 4 is 0 Å². The van der Waals surface area contributed by atoms with E-state index in [9.17, 15) is 0 Å². The predicted octanol–water partition coefficient (Wildman–Crippen LogP) is 5.23. The topological polar surface area (TPSA) is 20.2 Å². The van der Waals surface area contributed by atoms with Crippen LogP contribution in [0.4, 0.5) is 0 Å². The second-order valence-electron chi connectivity index (χ2n) is 5.25. The van der Waals surface area contributed by atoms with E-state index in [1.807, 2.05) is 13.0 Å². The summed E-state index contributed by atoms with van der Waals surface area (Å²) in [6.45, 7) is 5.62. The van der Waals surface area contributed by atoms with Crippen molar-refractivity contribution < 1.29 is 5.11 Å². The van der Waals surface area contributed by atoms with Gasteiger partial charge in [0.05, 0.1) is 6.10 Å². The summed E-state index contributed by atoms with van der Waals surface area (Å²) in [6, 6.07) is 0. The number of aliphatic hydroxyl groups excluding tert-OH is 1. The van der Waals surface area contributed by atoms with E-state index in [0.717, 1.165) is 6.42 Å². The third kappa shape index (κ3) is 15.7. The second-order valence-corrected chi connectivity index (χ2v) is 5.25. The van der Waals surface area contributed by atoms with Gasteiger partial charge in [-0.1, -0.05) is 63.9 Å². The molecule has 0 radical (unpaired) electrons. The van der Waals surface area contributed by atoms with Crippen LogP contribution in [0.5, 0.6) is 0 Å². The summed E-state index contributed by atoms with van der Waals surface area (Å²) in [4.78, 5) is 0. The van der Waals surface area contributed by atoms with Gasteiger partial charge in [0.25, 0.3) is 0 Å². The van der Waals surface area contributed by atoms with E-state index < -0.39 is 0 Å². The first kappa shape index (κ1) is 16.7. The Morgan fingerprint density at radius 2 is 1.24 bits per heavy atom. The molecular weight excluding hydrogens is 208 g/mol. The van der Waals surface area contributed by atoms with Crippen LogP contribution >= 0.6 is 0 Å². The van der Waals surface area contributed by atoms with Gasteiger partial charge in [-0.05, 0) is 26.2 Å². The normalized spacial score (nSPS) is 12.6. The Morgan fingerprint density at radius 3 is 1.65 bits per heavy atom. The number of aliphatic hydroxyl groups is 1. The lowest BCUT2D eigenvalue weighted by Gasteiger charge is -2.04. The van der Waals surface area contributed by atoms with E-state index in [2.05, 4.69) is 6.58 Å². The van der Waals surface area contributed by atoms with Gasteiger partial charge in [0.1, 0.15) is 0 Å². The Hall–Kier alpha value is -0.300. The Labute approximate surface area is 108 Å². The van der Waals surface area contributed by atoms with Crippen LogP contribution in [-0.2, 0) is 0 Å². The molecule has 0 rings (SSSR count). The Kier molecular flexibility index (Phi) is 13.5. The maximum Gasteiger partial charge on any atom is 0.0512 e. The van der Waals surface area contributed by atoms with Crippen molar-refractivity contribution in [1.82, 2.24) is 0 Å². The maximum atomic E-state index is 9.11. The predicted molar refractivity (Wildman–Crippen MR) is 77.3 cm³/mol. The van der Waals surface area contributed by atoms with Gasteiger partial charge in [-0.2, -0.15) is 0 Å². The highest BCUT2D eigenvalue weighted by Gasteiger charge is 1.96. The molecule has 0 aromatic heterocycles. The number of rotatable bonds is 13. The van der Waals surface area contributed by atoms with Crippen LogP contribution in [0.25, 0.3) is 0 Å². The van der Waals surface area contributed by atoms with Crippen LogP contribution in [-0.4, -0.2) is 11.2 Å². The van der Waals surface area contributed by atoms with Crippen molar-refractivity contribution in [3.05, 3.63) is 12.7 Å². The van der Waals surface area contributed by atoms with E-state index in [1.165, 1.54) is 70.6 Å². The molecule has 0 fully saturated rings. The highest BCUT2D eigenvalue weighted by atomic mass is 16.3. The van der Waals surface area contributed by atoms with Gasteiger partial charge in [0.15, 0.2) is 0 Å². The Balaban J connectivity index is 2.91. The molecule has 102 valence electrons. The first-order chi connectivity index (χ1) is 8.27. The van der Waals surface area contributed by atoms with Gasteiger partial charge >= 0.3 is 0 Å². The molecule has 1 heteroatoms. The zero-order valence-electron chi connectivity index (χ0n) is 11.8. The molecule has 1 atom stereocenters. The second kappa shape index (κ2) is 13.8. The summed E-state index contributed by atoms with van der Waals surface area (Å²) in [5, 5.41) is 9.11. The highest BCUT2D eigenvalue weighted by molar-refractivity contribution is 4.65. The van der Waals surface area contributed by atoms with Gasteiger partial charge in [0.2, 0.25) is 0 Å². The van der Waals surface area contributed by atoms with Crippen molar-refractivity contribution in [2.24, 2.45) is 0 Å². The van der Waals surface area contributed by atoms with E-state index in [1.54, 1.807) is 0 Å². The summed E-state index contributed by atoms with van der Waals surface area (Å²) in [5.74, 6) is 0. The highest BCUT2D eigenvalue weighted by Crippen LogP contribution is 2.12. The molecule has 1 nitrogen and oxygen atoms in total. The number of hydrogen-bond donors (Lipinski definition) is 1. The summed E-state index contributed by atoms with van der Waals surface area (Å²) < 4.78 is 0. The molecule has 1 unspecified atom stereocenters. The molecule has 0 bridgehead atoms. The summed E-state index contributed by atoms with van der Waals surface area (Å²) >= 11 is 0. The minimum Gasteiger partial charge on any atom is -0.393 e. The summed E-state index contributed by atoms with van der Waals surface area (Å²) in [5.41, 5.74) is 0. The summed E-state index contributed by atoms with van der Waals surface area (Å²) in [7, 11) is 0. The molecule has 0 aliphatic carbocycles. The maximum absolute atomic E-state index is 9.11. The van der Waals surface area contributed by atoms with Crippen LogP contribution in [0.15, 0.2) is 12.7 Å². The zero-order chi connectivity index (χ0) is 12.8. The van der Waals surface area contributed by atoms with Crippen molar-refractivity contribution in [1.29, 1.82) is 0 Å². The minimum atomic E-state index is -0.106. The van der Waals surface area contributed by atoms with Crippen molar-refractivity contribution in [2.75, 3.05) is 0 Å². The summed E-state index contributed by atoms with van der Waals surface area (Å²) in [6.07, 6.45) is 17.6. The smallest absolute Gasteiger partial charge is 0.0512 e. The zero-order valence-corrected chi connectivity index (χ0v) is 11.8.